The van der Waals surface area contributed by atoms with Crippen molar-refractivity contribution in [3.63, 3.8) is 0 Å². The average molecular weight is 456 g/mol. The Labute approximate surface area is 191 Å². The number of nitrogens with zero attached hydrogens (tertiary/aromatic N) is 3. The molecule has 1 aromatic carbocycles. The summed E-state index contributed by atoms with van der Waals surface area (Å²) in [4.78, 5) is 48.9. The summed E-state index contributed by atoms with van der Waals surface area (Å²) in [5.74, 6) is -0.783. The van der Waals surface area contributed by atoms with Gasteiger partial charge >= 0.3 is 0 Å². The van der Waals surface area contributed by atoms with Crippen LogP contribution in [0.25, 0.3) is 0 Å². The van der Waals surface area contributed by atoms with Crippen molar-refractivity contribution in [3.05, 3.63) is 47.0 Å². The van der Waals surface area contributed by atoms with E-state index in [0.29, 0.717) is 11.6 Å². The Kier molecular flexibility index (Phi) is 5.20. The minimum atomic E-state index is -0.693. The van der Waals surface area contributed by atoms with E-state index in [1.54, 1.807) is 6.07 Å². The molecule has 2 saturated carbocycles. The lowest BCUT2D eigenvalue weighted by atomic mass is 9.71. The summed E-state index contributed by atoms with van der Waals surface area (Å²) < 4.78 is 0. The number of imidazole rings is 1. The van der Waals surface area contributed by atoms with Crippen LogP contribution in [0.4, 0.5) is 5.69 Å². The maximum Gasteiger partial charge on any atom is 0.275 e. The number of amides is 3. The van der Waals surface area contributed by atoms with Crippen LogP contribution < -0.4 is 10.6 Å². The summed E-state index contributed by atoms with van der Waals surface area (Å²) in [5, 5.41) is 0.618. The highest BCUT2D eigenvalue weighted by atomic mass is 35.5. The number of nitrogens with two attached hydrogens (primary N) is 1. The summed E-state index contributed by atoms with van der Waals surface area (Å²) in [6.07, 6.45) is 7.04. The van der Waals surface area contributed by atoms with E-state index in [1.165, 1.54) is 6.33 Å². The van der Waals surface area contributed by atoms with Gasteiger partial charge in [0.2, 0.25) is 5.91 Å². The quantitative estimate of drug-likeness (QED) is 0.721. The van der Waals surface area contributed by atoms with Crippen LogP contribution in [0.3, 0.4) is 0 Å². The van der Waals surface area contributed by atoms with Crippen molar-refractivity contribution in [1.29, 1.82) is 0 Å². The summed E-state index contributed by atoms with van der Waals surface area (Å²) in [6, 6.07) is 7.62. The zero-order valence-corrected chi connectivity index (χ0v) is 18.5. The third-order valence-electron chi connectivity index (χ3n) is 7.20. The minimum Gasteiger partial charge on any atom is -0.364 e. The van der Waals surface area contributed by atoms with E-state index in [4.69, 9.17) is 17.3 Å². The number of carbonyl (C=O) groups excluding carboxylic acids is 3. The number of nitrogens with one attached hydrogen (secondary N) is 1. The van der Waals surface area contributed by atoms with Gasteiger partial charge < -0.3 is 20.5 Å². The molecule has 32 heavy (non-hydrogen) atoms. The predicted octanol–water partition coefficient (Wildman–Crippen LogP) is 3.13. The topological polar surface area (TPSA) is 112 Å². The number of carbonyl (C=O) groups is 3. The number of rotatable bonds is 5. The number of H-pyrrole nitrogens is 1. The highest BCUT2D eigenvalue weighted by Gasteiger charge is 2.51. The number of primary amides is 1. The van der Waals surface area contributed by atoms with E-state index in [1.807, 2.05) is 28.0 Å². The third kappa shape index (κ3) is 3.56. The largest absolute Gasteiger partial charge is 0.364 e. The van der Waals surface area contributed by atoms with Gasteiger partial charge in [-0.3, -0.25) is 14.4 Å². The molecule has 2 heterocycles. The van der Waals surface area contributed by atoms with E-state index >= 15 is 0 Å². The predicted molar refractivity (Wildman–Crippen MR) is 119 cm³/mol. The molecule has 3 amide bonds. The van der Waals surface area contributed by atoms with Crippen molar-refractivity contribution in [2.45, 2.75) is 57.0 Å². The van der Waals surface area contributed by atoms with Crippen LogP contribution >= 0.6 is 11.6 Å². The number of anilines is 1. The fourth-order valence-corrected chi connectivity index (χ4v) is 5.54. The zero-order chi connectivity index (χ0) is 22.5. The van der Waals surface area contributed by atoms with Crippen LogP contribution in [0, 0.1) is 5.41 Å². The Hall–Kier alpha value is -2.87. The summed E-state index contributed by atoms with van der Waals surface area (Å²) in [7, 11) is 0. The van der Waals surface area contributed by atoms with Crippen LogP contribution in [-0.4, -0.2) is 51.2 Å². The molecule has 1 saturated heterocycles. The first kappa shape index (κ1) is 21.0. The minimum absolute atomic E-state index is 0.0334. The number of aromatic amines is 1. The molecule has 8 nitrogen and oxygen atoms in total. The van der Waals surface area contributed by atoms with Crippen molar-refractivity contribution in [2.24, 2.45) is 11.1 Å². The molecule has 2 aromatic rings. The molecule has 3 aliphatic rings. The number of benzene rings is 1. The molecule has 0 radical (unpaired) electrons. The van der Waals surface area contributed by atoms with E-state index in [9.17, 15) is 14.4 Å². The smallest absolute Gasteiger partial charge is 0.275 e. The second-order valence-corrected chi connectivity index (χ2v) is 9.57. The molecule has 9 heteroatoms. The van der Waals surface area contributed by atoms with E-state index in [-0.39, 0.29) is 40.7 Å². The maximum absolute atomic E-state index is 13.4. The Balaban J connectivity index is 1.31. The fraction of sp³-hybridized carbons (Fsp3) is 0.478. The molecule has 3 N–H and O–H groups in total. The van der Waals surface area contributed by atoms with Crippen LogP contribution in [0.15, 0.2) is 30.6 Å². The molecule has 1 spiro atoms. The van der Waals surface area contributed by atoms with Crippen molar-refractivity contribution < 1.29 is 14.4 Å². The molecule has 2 aliphatic carbocycles. The fourth-order valence-electron chi connectivity index (χ4n) is 5.36. The monoisotopic (exact) mass is 455 g/mol. The Morgan fingerprint density at radius 1 is 1.16 bits per heavy atom. The highest BCUT2D eigenvalue weighted by molar-refractivity contribution is 6.31. The van der Waals surface area contributed by atoms with Gasteiger partial charge in [-0.1, -0.05) is 17.7 Å². The molecule has 168 valence electrons. The van der Waals surface area contributed by atoms with Gasteiger partial charge in [0.25, 0.3) is 11.8 Å². The lowest BCUT2D eigenvalue weighted by Crippen LogP contribution is -2.47. The van der Waals surface area contributed by atoms with Gasteiger partial charge in [0.05, 0.1) is 11.7 Å². The van der Waals surface area contributed by atoms with Crippen molar-refractivity contribution in [1.82, 2.24) is 14.9 Å². The van der Waals surface area contributed by atoms with Gasteiger partial charge in [-0.2, -0.15) is 0 Å². The average Bonchev–Trinajstić information content (AvgIpc) is 3.38. The first-order valence-corrected chi connectivity index (χ1v) is 11.5. The molecule has 3 fully saturated rings. The molecule has 5 rings (SSSR count). The zero-order valence-electron chi connectivity index (χ0n) is 17.7. The summed E-state index contributed by atoms with van der Waals surface area (Å²) >= 11 is 6.13. The second-order valence-electron chi connectivity index (χ2n) is 9.13. The number of aromatic nitrogens is 2. The molecular formula is C23H26ClN5O3. The summed E-state index contributed by atoms with van der Waals surface area (Å²) in [6.45, 7) is 0.685. The SMILES string of the molecule is NC(=O)c1[nH]cnc1C(=O)N(C1CC1)[C@H]1CC[C@@]2(CCN(c3cccc(Cl)c3)C2=O)CC1. The van der Waals surface area contributed by atoms with E-state index < -0.39 is 5.91 Å². The molecule has 1 aliphatic heterocycles. The lowest BCUT2D eigenvalue weighted by Gasteiger charge is -2.41. The standard InChI is InChI=1S/C23H26ClN5O3/c24-14-2-1-3-17(12-14)28-11-10-23(22(28)32)8-6-16(7-9-23)29(15-4-5-15)21(31)19-18(20(25)30)26-13-27-19/h1-3,12-13,15-16H,4-11H2,(H2,25,30)(H,26,27)/t16-,23-. The van der Waals surface area contributed by atoms with Crippen molar-refractivity contribution in [3.8, 4) is 0 Å². The molecule has 0 bridgehead atoms. The Morgan fingerprint density at radius 2 is 1.88 bits per heavy atom. The Bertz CT molecular complexity index is 1070. The number of hydrogen-bond acceptors (Lipinski definition) is 4. The van der Waals surface area contributed by atoms with Gasteiger partial charge in [-0.05, 0) is 63.1 Å². The molecule has 1 aromatic heterocycles. The summed E-state index contributed by atoms with van der Waals surface area (Å²) in [5.41, 5.74) is 6.01. The first-order valence-electron chi connectivity index (χ1n) is 11.1. The number of halogens is 1. The van der Waals surface area contributed by atoms with Gasteiger partial charge in [-0.25, -0.2) is 4.98 Å². The van der Waals surface area contributed by atoms with Gasteiger partial charge in [0.15, 0.2) is 5.69 Å². The lowest BCUT2D eigenvalue weighted by molar-refractivity contribution is -0.127. The van der Waals surface area contributed by atoms with Crippen LogP contribution in [0.1, 0.15) is 65.9 Å². The van der Waals surface area contributed by atoms with Crippen molar-refractivity contribution in [2.75, 3.05) is 11.4 Å². The van der Waals surface area contributed by atoms with Gasteiger partial charge in [0, 0.05) is 29.3 Å². The molecular weight excluding hydrogens is 430 g/mol. The molecule has 0 unspecified atom stereocenters. The Morgan fingerprint density at radius 3 is 2.53 bits per heavy atom. The van der Waals surface area contributed by atoms with Gasteiger partial charge in [-0.15, -0.1) is 0 Å². The normalized spacial score (nSPS) is 25.3. The maximum atomic E-state index is 13.4. The first-order chi connectivity index (χ1) is 15.4. The van der Waals surface area contributed by atoms with Gasteiger partial charge in [0.1, 0.15) is 5.69 Å². The van der Waals surface area contributed by atoms with Crippen LogP contribution in [0.5, 0.6) is 0 Å². The van der Waals surface area contributed by atoms with Crippen molar-refractivity contribution >= 4 is 35.0 Å². The second kappa shape index (κ2) is 7.92. The third-order valence-corrected chi connectivity index (χ3v) is 7.44. The van der Waals surface area contributed by atoms with Crippen LogP contribution in [-0.2, 0) is 4.79 Å². The van der Waals surface area contributed by atoms with E-state index in [0.717, 1.165) is 50.6 Å². The van der Waals surface area contributed by atoms with Crippen LogP contribution in [0.2, 0.25) is 5.02 Å². The number of hydrogen-bond donors (Lipinski definition) is 2. The highest BCUT2D eigenvalue weighted by Crippen LogP contribution is 2.48. The van der Waals surface area contributed by atoms with E-state index in [2.05, 4.69) is 9.97 Å². The molecule has 0 atom stereocenters.